The molecule has 0 saturated carbocycles. The third-order valence-electron chi connectivity index (χ3n) is 4.51. The molecule has 3 rings (SSSR count). The maximum Gasteiger partial charge on any atom is 0.223 e. The average Bonchev–Trinajstić information content (AvgIpc) is 2.61. The molecule has 1 saturated heterocycles. The van der Waals surface area contributed by atoms with Crippen LogP contribution in [0.4, 0.5) is 8.78 Å². The Morgan fingerprint density at radius 2 is 1.92 bits per heavy atom. The van der Waals surface area contributed by atoms with Gasteiger partial charge >= 0.3 is 0 Å². The van der Waals surface area contributed by atoms with Crippen LogP contribution in [0.2, 0.25) is 0 Å². The van der Waals surface area contributed by atoms with E-state index < -0.39 is 17.1 Å². The van der Waals surface area contributed by atoms with Crippen molar-refractivity contribution in [3.05, 3.63) is 63.6 Å². The van der Waals surface area contributed by atoms with Crippen molar-refractivity contribution < 1.29 is 18.7 Å². The molecule has 132 valence electrons. The molecule has 0 amide bonds. The lowest BCUT2D eigenvalue weighted by Crippen LogP contribution is -2.36. The highest BCUT2D eigenvalue weighted by molar-refractivity contribution is 5.97. The molecular weight excluding hydrogens is 330 g/mol. The van der Waals surface area contributed by atoms with Gasteiger partial charge in [0, 0.05) is 36.0 Å². The van der Waals surface area contributed by atoms with Gasteiger partial charge in [-0.15, -0.1) is 0 Å². The van der Waals surface area contributed by atoms with Crippen molar-refractivity contribution in [2.45, 2.75) is 19.4 Å². The van der Waals surface area contributed by atoms with Crippen molar-refractivity contribution in [2.24, 2.45) is 5.92 Å². The number of carbonyl (C=O) groups is 1. The number of rotatable bonds is 4. The Kier molecular flexibility index (Phi) is 4.94. The number of nitrogens with zero attached hydrogens (tertiary/aromatic N) is 1. The van der Waals surface area contributed by atoms with Crippen LogP contribution in [-0.4, -0.2) is 33.9 Å². The Bertz CT molecular complexity index is 842. The summed E-state index contributed by atoms with van der Waals surface area (Å²) in [6.45, 7) is 1.83. The SMILES string of the molecule is O=C(c1ccc(F)c(F)c1)C1CCN(Cc2cc(=O)c(O)c[nH]2)CC1. The lowest BCUT2D eigenvalue weighted by molar-refractivity contribution is 0.0833. The summed E-state index contributed by atoms with van der Waals surface area (Å²) in [5.41, 5.74) is 0.450. The third-order valence-corrected chi connectivity index (χ3v) is 4.51. The molecule has 5 nitrogen and oxygen atoms in total. The summed E-state index contributed by atoms with van der Waals surface area (Å²) in [7, 11) is 0. The number of aromatic hydroxyl groups is 1. The van der Waals surface area contributed by atoms with E-state index in [4.69, 9.17) is 0 Å². The molecule has 0 spiro atoms. The zero-order chi connectivity index (χ0) is 18.0. The van der Waals surface area contributed by atoms with Crippen molar-refractivity contribution in [2.75, 3.05) is 13.1 Å². The summed E-state index contributed by atoms with van der Waals surface area (Å²) in [6, 6.07) is 4.59. The number of H-pyrrole nitrogens is 1. The van der Waals surface area contributed by atoms with Gasteiger partial charge in [0.15, 0.2) is 23.2 Å². The van der Waals surface area contributed by atoms with Crippen LogP contribution in [0.5, 0.6) is 5.75 Å². The van der Waals surface area contributed by atoms with E-state index in [1.807, 2.05) is 0 Å². The van der Waals surface area contributed by atoms with Gasteiger partial charge in [-0.1, -0.05) is 0 Å². The van der Waals surface area contributed by atoms with Gasteiger partial charge < -0.3 is 10.1 Å². The predicted octanol–water partition coefficient (Wildman–Crippen LogP) is 2.45. The number of piperidine rings is 1. The molecule has 2 N–H and O–H groups in total. The van der Waals surface area contributed by atoms with Crippen LogP contribution in [0.15, 0.2) is 35.3 Å². The molecule has 0 bridgehead atoms. The van der Waals surface area contributed by atoms with Crippen molar-refractivity contribution >= 4 is 5.78 Å². The Morgan fingerprint density at radius 3 is 2.56 bits per heavy atom. The highest BCUT2D eigenvalue weighted by atomic mass is 19.2. The number of likely N-dealkylation sites (tertiary alicyclic amines) is 1. The van der Waals surface area contributed by atoms with Gasteiger partial charge in [-0.3, -0.25) is 14.5 Å². The van der Waals surface area contributed by atoms with Crippen LogP contribution in [-0.2, 0) is 6.54 Å². The highest BCUT2D eigenvalue weighted by Crippen LogP contribution is 2.23. The van der Waals surface area contributed by atoms with Crippen LogP contribution in [0.3, 0.4) is 0 Å². The lowest BCUT2D eigenvalue weighted by atomic mass is 9.89. The Balaban J connectivity index is 1.59. The van der Waals surface area contributed by atoms with E-state index in [2.05, 4.69) is 9.88 Å². The molecule has 0 atom stereocenters. The van der Waals surface area contributed by atoms with Crippen molar-refractivity contribution in [3.63, 3.8) is 0 Å². The minimum absolute atomic E-state index is 0.170. The van der Waals surface area contributed by atoms with Crippen molar-refractivity contribution in [3.8, 4) is 5.75 Å². The molecule has 7 heteroatoms. The fraction of sp³-hybridized carbons (Fsp3) is 0.333. The second kappa shape index (κ2) is 7.14. The smallest absolute Gasteiger partial charge is 0.223 e. The number of carbonyl (C=O) groups excluding carboxylic acids is 1. The van der Waals surface area contributed by atoms with Gasteiger partial charge in [0.05, 0.1) is 0 Å². The number of Topliss-reactive ketones (excluding diaryl/α,β-unsaturated/α-hetero) is 1. The second-order valence-electron chi connectivity index (χ2n) is 6.25. The van der Waals surface area contributed by atoms with E-state index in [1.54, 1.807) is 0 Å². The topological polar surface area (TPSA) is 73.4 Å². The van der Waals surface area contributed by atoms with Gasteiger partial charge in [0.25, 0.3) is 0 Å². The second-order valence-corrected chi connectivity index (χ2v) is 6.25. The molecular formula is C18H18F2N2O3. The maximum atomic E-state index is 13.3. The molecule has 1 aliphatic heterocycles. The van der Waals surface area contributed by atoms with Gasteiger partial charge in [-0.05, 0) is 44.1 Å². The number of ketones is 1. The fourth-order valence-electron chi connectivity index (χ4n) is 3.08. The lowest BCUT2D eigenvalue weighted by Gasteiger charge is -2.31. The summed E-state index contributed by atoms with van der Waals surface area (Å²) in [5, 5.41) is 9.25. The van der Waals surface area contributed by atoms with E-state index in [9.17, 15) is 23.5 Å². The normalized spacial score (nSPS) is 16.1. The summed E-state index contributed by atoms with van der Waals surface area (Å²) >= 11 is 0. The summed E-state index contributed by atoms with van der Waals surface area (Å²) in [6.07, 6.45) is 2.48. The minimum Gasteiger partial charge on any atom is -0.503 e. The molecule has 1 aliphatic rings. The summed E-state index contributed by atoms with van der Waals surface area (Å²) < 4.78 is 26.3. The molecule has 0 aliphatic carbocycles. The monoisotopic (exact) mass is 348 g/mol. The minimum atomic E-state index is -1.01. The first-order valence-electron chi connectivity index (χ1n) is 8.06. The number of nitrogens with one attached hydrogen (secondary N) is 1. The summed E-state index contributed by atoms with van der Waals surface area (Å²) in [4.78, 5) is 28.8. The first kappa shape index (κ1) is 17.3. The van der Waals surface area contributed by atoms with E-state index in [0.29, 0.717) is 38.2 Å². The first-order valence-corrected chi connectivity index (χ1v) is 8.06. The number of pyridine rings is 1. The fourth-order valence-corrected chi connectivity index (χ4v) is 3.08. The van der Waals surface area contributed by atoms with E-state index in [1.165, 1.54) is 18.3 Å². The number of hydrogen-bond donors (Lipinski definition) is 2. The average molecular weight is 348 g/mol. The van der Waals surface area contributed by atoms with Crippen molar-refractivity contribution in [1.82, 2.24) is 9.88 Å². The molecule has 0 radical (unpaired) electrons. The third kappa shape index (κ3) is 3.93. The molecule has 2 aromatic rings. The number of halogens is 2. The molecule has 0 unspecified atom stereocenters. The molecule has 1 fully saturated rings. The van der Waals surface area contributed by atoms with Crippen LogP contribution in [0.1, 0.15) is 28.9 Å². The van der Waals surface area contributed by atoms with E-state index in [0.717, 1.165) is 12.1 Å². The van der Waals surface area contributed by atoms with Crippen LogP contribution in [0, 0.1) is 17.6 Å². The van der Waals surface area contributed by atoms with E-state index in [-0.39, 0.29) is 23.0 Å². The van der Waals surface area contributed by atoms with Gasteiger partial charge in [-0.2, -0.15) is 0 Å². The van der Waals surface area contributed by atoms with E-state index >= 15 is 0 Å². The van der Waals surface area contributed by atoms with Crippen molar-refractivity contribution in [1.29, 1.82) is 0 Å². The first-order chi connectivity index (χ1) is 11.9. The van der Waals surface area contributed by atoms with Crippen LogP contribution < -0.4 is 5.43 Å². The number of aromatic nitrogens is 1. The zero-order valence-corrected chi connectivity index (χ0v) is 13.5. The largest absolute Gasteiger partial charge is 0.503 e. The van der Waals surface area contributed by atoms with Gasteiger partial charge in [0.1, 0.15) is 0 Å². The Labute approximate surface area is 142 Å². The van der Waals surface area contributed by atoms with Crippen LogP contribution in [0.25, 0.3) is 0 Å². The van der Waals surface area contributed by atoms with Gasteiger partial charge in [0.2, 0.25) is 5.43 Å². The van der Waals surface area contributed by atoms with Gasteiger partial charge in [-0.25, -0.2) is 8.78 Å². The quantitative estimate of drug-likeness (QED) is 0.833. The molecule has 25 heavy (non-hydrogen) atoms. The zero-order valence-electron chi connectivity index (χ0n) is 13.5. The standard InChI is InChI=1S/C18H18F2N2O3/c19-14-2-1-12(7-15(14)20)18(25)11-3-5-22(6-4-11)10-13-8-16(23)17(24)9-21-13/h1-2,7-9,11,24H,3-6,10H2,(H,21,23). The maximum absolute atomic E-state index is 13.3. The molecule has 1 aromatic heterocycles. The number of aromatic amines is 1. The number of hydrogen-bond acceptors (Lipinski definition) is 4. The Morgan fingerprint density at radius 1 is 1.20 bits per heavy atom. The molecule has 1 aromatic carbocycles. The Hall–Kier alpha value is -2.54. The highest BCUT2D eigenvalue weighted by Gasteiger charge is 2.26. The summed E-state index contributed by atoms with van der Waals surface area (Å²) in [5.74, 6) is -2.69. The predicted molar refractivity (Wildman–Crippen MR) is 87.4 cm³/mol. The molecule has 2 heterocycles. The van der Waals surface area contributed by atoms with Crippen LogP contribution >= 0.6 is 0 Å². The number of benzene rings is 1.